The summed E-state index contributed by atoms with van der Waals surface area (Å²) in [6, 6.07) is 24.8. The first-order valence-electron chi connectivity index (χ1n) is 19.3. The first kappa shape index (κ1) is 38.1. The van der Waals surface area contributed by atoms with E-state index in [4.69, 9.17) is 57.8 Å². The summed E-state index contributed by atoms with van der Waals surface area (Å²) >= 11 is 12.4. The van der Waals surface area contributed by atoms with Gasteiger partial charge in [0.1, 0.15) is 18.1 Å². The van der Waals surface area contributed by atoms with Crippen LogP contribution >= 0.6 is 23.2 Å². The fraction of sp³-hybridized carbons (Fsp3) is 0.381. The molecule has 0 aliphatic carbocycles. The second-order valence-electron chi connectivity index (χ2n) is 11.6. The van der Waals surface area contributed by atoms with Crippen LogP contribution < -0.4 is 9.47 Å². The Morgan fingerprint density at radius 3 is 1.33 bits per heavy atom. The number of hydrogen-bond donors (Lipinski definition) is 2. The van der Waals surface area contributed by atoms with Crippen molar-refractivity contribution >= 4 is 35.0 Å². The molecule has 12 heteroatoms. The van der Waals surface area contributed by atoms with Gasteiger partial charge in [0.25, 0.3) is 11.8 Å². The summed E-state index contributed by atoms with van der Waals surface area (Å²) in [6.45, 7) is 3.60. The van der Waals surface area contributed by atoms with Crippen LogP contribution in [0, 0.1) is 0 Å². The molecule has 10 nitrogen and oxygen atoms in total. The predicted molar refractivity (Wildman–Crippen MR) is 215 cm³/mol. The molecule has 2 aliphatic heterocycles. The fourth-order valence-corrected chi connectivity index (χ4v) is 5.73. The van der Waals surface area contributed by atoms with Gasteiger partial charge in [-0.3, -0.25) is 9.59 Å². The van der Waals surface area contributed by atoms with Crippen LogP contribution in [-0.2, 0) is 9.47 Å². The molecule has 2 N–H and O–H groups in total. The number of ether oxygens (including phenoxy) is 4. The van der Waals surface area contributed by atoms with E-state index in [0.717, 1.165) is 22.3 Å². The van der Waals surface area contributed by atoms with Gasteiger partial charge in [0, 0.05) is 43.9 Å². The van der Waals surface area contributed by atoms with Crippen molar-refractivity contribution in [3.05, 3.63) is 106 Å². The maximum Gasteiger partial charge on any atom is 0.254 e. The van der Waals surface area contributed by atoms with Crippen molar-refractivity contribution in [3.8, 4) is 33.8 Å². The molecule has 0 saturated carbocycles. The molecule has 4 aromatic carbocycles. The second kappa shape index (κ2) is 23.6. The molecule has 0 atom stereocenters. The lowest BCUT2D eigenvalue weighted by Gasteiger charge is -2.26. The van der Waals surface area contributed by atoms with Crippen molar-refractivity contribution in [3.63, 3.8) is 0 Å². The number of rotatable bonds is 10. The molecule has 0 unspecified atom stereocenters. The maximum absolute atomic E-state index is 12.5. The van der Waals surface area contributed by atoms with Gasteiger partial charge >= 0.3 is 0 Å². The van der Waals surface area contributed by atoms with Crippen LogP contribution in [0.1, 0.15) is 53.9 Å². The molecule has 2 fully saturated rings. The van der Waals surface area contributed by atoms with E-state index >= 15 is 0 Å². The summed E-state index contributed by atoms with van der Waals surface area (Å²) in [5.74, 6) is 0.455. The van der Waals surface area contributed by atoms with Gasteiger partial charge in [0.2, 0.25) is 0 Å². The minimum atomic E-state index is -2.20. The van der Waals surface area contributed by atoms with E-state index < -0.39 is 19.7 Å². The molecule has 2 saturated heterocycles. The minimum Gasteiger partial charge on any atom is -0.492 e. The Bertz CT molecular complexity index is 1770. The van der Waals surface area contributed by atoms with Crippen LogP contribution in [0.4, 0.5) is 0 Å². The smallest absolute Gasteiger partial charge is 0.254 e. The van der Waals surface area contributed by atoms with E-state index in [1.165, 1.54) is 0 Å². The molecular weight excluding hydrogens is 731 g/mol. The molecule has 54 heavy (non-hydrogen) atoms. The third-order valence-corrected chi connectivity index (χ3v) is 8.55. The summed E-state index contributed by atoms with van der Waals surface area (Å²) in [5.41, 5.74) is 4.72. The van der Waals surface area contributed by atoms with Crippen molar-refractivity contribution in [2.24, 2.45) is 0 Å². The standard InChI is InChI=1S/C20H22ClNO3.C19H20ClNO4.C2H6O.CH4/c1-2-11-25-19-8-7-17(14-18(19)21)15-3-5-16(6-4-15)20(23)22-9-12-24-13-10-22;20-17-13-16(5-6-18(17)25-12-9-22)14-1-3-15(4-2-14)19(23)21-7-10-24-11-8-21;1-2-3;/h3-8,14H,2,9-13H2,1H3;1-6,13,22H,7-12H2;3H,2H2,1H3;1H4/i11D2;12D2;;. The SMILES string of the molecule is C.CCO.[2H]C([2H])(CC)Oc1ccc(-c2ccc(C(=O)N3CCOCC3)cc2)cc1Cl.[2H]C([2H])(CO)Oc1ccc(-c2ccc(C(=O)N3CCOCC3)cc2)cc1Cl. The summed E-state index contributed by atoms with van der Waals surface area (Å²) in [6.07, 6.45) is 0.226. The minimum absolute atomic E-state index is 0. The Morgan fingerprint density at radius 1 is 0.648 bits per heavy atom. The Kier molecular flexibility index (Phi) is 16.7. The summed E-state index contributed by atoms with van der Waals surface area (Å²) < 4.78 is 51.3. The van der Waals surface area contributed by atoms with Gasteiger partial charge in [-0.1, -0.05) is 74.0 Å². The molecule has 2 amide bonds. The number of amides is 2. The lowest BCUT2D eigenvalue weighted by atomic mass is 10.0. The Balaban J connectivity index is 0.000000286. The van der Waals surface area contributed by atoms with Crippen LogP contribution in [0.25, 0.3) is 22.3 Å². The average molecular weight is 788 g/mol. The van der Waals surface area contributed by atoms with Gasteiger partial charge in [0.05, 0.1) is 55.1 Å². The molecule has 0 spiro atoms. The first-order valence-corrected chi connectivity index (χ1v) is 18.1. The molecular formula is C42H52Cl2N2O8. The van der Waals surface area contributed by atoms with Crippen LogP contribution in [0.2, 0.25) is 10.0 Å². The van der Waals surface area contributed by atoms with E-state index in [1.807, 2.05) is 30.3 Å². The van der Waals surface area contributed by atoms with Crippen LogP contribution in [0.5, 0.6) is 11.5 Å². The average Bonchev–Trinajstić information content (AvgIpc) is 3.23. The summed E-state index contributed by atoms with van der Waals surface area (Å²) in [5, 5.41) is 17.1. The van der Waals surface area contributed by atoms with Gasteiger partial charge in [-0.25, -0.2) is 0 Å². The maximum atomic E-state index is 12.5. The Labute approximate surface area is 334 Å². The van der Waals surface area contributed by atoms with Crippen LogP contribution in [0.3, 0.4) is 0 Å². The van der Waals surface area contributed by atoms with E-state index in [1.54, 1.807) is 78.2 Å². The number of aliphatic hydroxyl groups is 2. The van der Waals surface area contributed by atoms with E-state index in [-0.39, 0.29) is 43.0 Å². The first-order chi connectivity index (χ1) is 27.2. The number of benzene rings is 4. The molecule has 4 aromatic rings. The van der Waals surface area contributed by atoms with Crippen molar-refractivity contribution in [1.29, 1.82) is 0 Å². The largest absolute Gasteiger partial charge is 0.492 e. The van der Waals surface area contributed by atoms with E-state index in [0.29, 0.717) is 74.5 Å². The highest BCUT2D eigenvalue weighted by Crippen LogP contribution is 2.32. The quantitative estimate of drug-likeness (QED) is 0.168. The van der Waals surface area contributed by atoms with Gasteiger partial charge in [-0.15, -0.1) is 0 Å². The molecule has 0 radical (unpaired) electrons. The number of morpholine rings is 2. The van der Waals surface area contributed by atoms with Crippen molar-refractivity contribution in [2.45, 2.75) is 27.7 Å². The zero-order chi connectivity index (χ0) is 41.6. The van der Waals surface area contributed by atoms with Gasteiger partial charge < -0.3 is 39.0 Å². The molecule has 2 aliphatic rings. The highest BCUT2D eigenvalue weighted by Gasteiger charge is 2.20. The molecule has 6 rings (SSSR count). The normalized spacial score (nSPS) is 15.3. The zero-order valence-electron chi connectivity index (χ0n) is 33.9. The number of carbonyl (C=O) groups is 2. The second-order valence-corrected chi connectivity index (χ2v) is 12.4. The van der Waals surface area contributed by atoms with Crippen LogP contribution in [-0.4, -0.2) is 111 Å². The third-order valence-electron chi connectivity index (χ3n) is 7.96. The van der Waals surface area contributed by atoms with Gasteiger partial charge in [0.15, 0.2) is 0 Å². The number of aliphatic hydroxyl groups excluding tert-OH is 2. The number of halogens is 2. The topological polar surface area (TPSA) is 118 Å². The highest BCUT2D eigenvalue weighted by atomic mass is 35.5. The summed E-state index contributed by atoms with van der Waals surface area (Å²) in [4.78, 5) is 28.6. The summed E-state index contributed by atoms with van der Waals surface area (Å²) in [7, 11) is 0. The fourth-order valence-electron chi connectivity index (χ4n) is 5.29. The van der Waals surface area contributed by atoms with Crippen molar-refractivity contribution < 1.29 is 44.2 Å². The predicted octanol–water partition coefficient (Wildman–Crippen LogP) is 7.75. The lowest BCUT2D eigenvalue weighted by molar-refractivity contribution is 0.0301. The van der Waals surface area contributed by atoms with E-state index in [2.05, 4.69) is 0 Å². The third kappa shape index (κ3) is 13.0. The number of nitrogens with zero attached hydrogens (tertiary/aromatic N) is 2. The zero-order valence-corrected chi connectivity index (χ0v) is 31.4. The Morgan fingerprint density at radius 2 is 1.00 bits per heavy atom. The van der Waals surface area contributed by atoms with Crippen LogP contribution in [0.15, 0.2) is 84.9 Å². The monoisotopic (exact) mass is 786 g/mol. The van der Waals surface area contributed by atoms with Gasteiger partial charge in [-0.05, 0) is 84.1 Å². The lowest BCUT2D eigenvalue weighted by Crippen LogP contribution is -2.40. The molecule has 0 aromatic heterocycles. The Hall–Kier alpha value is -4.16. The molecule has 0 bridgehead atoms. The number of hydrogen-bond acceptors (Lipinski definition) is 8. The highest BCUT2D eigenvalue weighted by molar-refractivity contribution is 6.32. The van der Waals surface area contributed by atoms with Gasteiger partial charge in [-0.2, -0.15) is 0 Å². The molecule has 292 valence electrons. The van der Waals surface area contributed by atoms with Crippen molar-refractivity contribution in [1.82, 2.24) is 9.80 Å². The van der Waals surface area contributed by atoms with Crippen molar-refractivity contribution in [2.75, 3.05) is 78.9 Å². The molecule has 2 heterocycles. The number of carbonyl (C=O) groups excluding carboxylic acids is 2. The van der Waals surface area contributed by atoms with E-state index in [9.17, 15) is 9.59 Å².